The maximum absolute atomic E-state index is 12.2. The lowest BCUT2D eigenvalue weighted by atomic mass is 9.87. The van der Waals surface area contributed by atoms with E-state index in [1.165, 1.54) is 4.68 Å². The molecule has 192 valence electrons. The summed E-state index contributed by atoms with van der Waals surface area (Å²) in [6.45, 7) is 8.10. The molecule has 2 heterocycles. The number of hydrogen-bond donors (Lipinski definition) is 2. The molecule has 3 rings (SSSR count). The van der Waals surface area contributed by atoms with Crippen LogP contribution in [-0.2, 0) is 16.8 Å². The molecule has 1 aromatic carbocycles. The van der Waals surface area contributed by atoms with Crippen LogP contribution in [0, 0.1) is 17.0 Å². The Hall–Kier alpha value is -3.81. The number of carbonyl (C=O) groups excluding carboxylic acids is 2. The van der Waals surface area contributed by atoms with E-state index in [1.54, 1.807) is 6.92 Å². The summed E-state index contributed by atoms with van der Waals surface area (Å²) in [4.78, 5) is 38.6. The minimum absolute atomic E-state index is 0.0238. The Bertz CT molecular complexity index is 1250. The Kier molecular flexibility index (Phi) is 8.40. The molecule has 13 nitrogen and oxygen atoms in total. The molecule has 36 heavy (non-hydrogen) atoms. The molecule has 0 unspecified atom stereocenters. The number of amides is 2. The Morgan fingerprint density at radius 3 is 2.47 bits per heavy atom. The highest BCUT2D eigenvalue weighted by molar-refractivity contribution is 9.10. The number of nitrogens with one attached hydrogen (secondary N) is 2. The summed E-state index contributed by atoms with van der Waals surface area (Å²) in [6, 6.07) is 7.57. The van der Waals surface area contributed by atoms with E-state index in [4.69, 9.17) is 9.26 Å². The topological polar surface area (TPSA) is 167 Å². The van der Waals surface area contributed by atoms with Crippen LogP contribution in [0.4, 0.5) is 5.82 Å². The second-order valence-electron chi connectivity index (χ2n) is 8.82. The van der Waals surface area contributed by atoms with E-state index in [-0.39, 0.29) is 59.6 Å². The van der Waals surface area contributed by atoms with Gasteiger partial charge in [0.05, 0.1) is 10.8 Å². The lowest BCUT2D eigenvalue weighted by Gasteiger charge is -2.19. The maximum Gasteiger partial charge on any atom is 0.404 e. The van der Waals surface area contributed by atoms with Crippen LogP contribution in [0.5, 0.6) is 5.75 Å². The molecule has 0 radical (unpaired) electrons. The molecule has 2 amide bonds. The molecule has 0 fully saturated rings. The molecule has 0 aliphatic rings. The average Bonchev–Trinajstić information content (AvgIpc) is 3.40. The Labute approximate surface area is 214 Å². The van der Waals surface area contributed by atoms with Crippen molar-refractivity contribution in [1.82, 2.24) is 30.6 Å². The van der Waals surface area contributed by atoms with Crippen LogP contribution >= 0.6 is 15.9 Å². The highest BCUT2D eigenvalue weighted by Gasteiger charge is 2.25. The Morgan fingerprint density at radius 2 is 1.86 bits per heavy atom. The molecule has 0 aliphatic carbocycles. The fourth-order valence-electron chi connectivity index (χ4n) is 3.03. The van der Waals surface area contributed by atoms with Crippen molar-refractivity contribution in [1.29, 1.82) is 0 Å². The first-order valence-corrected chi connectivity index (χ1v) is 11.7. The first-order valence-electron chi connectivity index (χ1n) is 10.9. The molecule has 2 N–H and O–H groups in total. The summed E-state index contributed by atoms with van der Waals surface area (Å²) in [7, 11) is 0. The van der Waals surface area contributed by atoms with Gasteiger partial charge >= 0.3 is 17.6 Å². The van der Waals surface area contributed by atoms with Crippen molar-refractivity contribution in [2.24, 2.45) is 0 Å². The van der Waals surface area contributed by atoms with Crippen molar-refractivity contribution in [3.8, 4) is 5.75 Å². The number of halogens is 1. The average molecular weight is 564 g/mol. The fraction of sp³-hybridized carbons (Fsp3) is 0.409. The summed E-state index contributed by atoms with van der Waals surface area (Å²) >= 11 is 3.13. The van der Waals surface area contributed by atoms with Gasteiger partial charge in [-0.25, -0.2) is 0 Å². The Morgan fingerprint density at radius 1 is 1.19 bits per heavy atom. The normalized spacial score (nSPS) is 11.2. The Balaban J connectivity index is 1.40. The second kappa shape index (κ2) is 11.3. The van der Waals surface area contributed by atoms with Gasteiger partial charge in [0, 0.05) is 13.1 Å². The zero-order valence-corrected chi connectivity index (χ0v) is 21.8. The van der Waals surface area contributed by atoms with E-state index >= 15 is 0 Å². The van der Waals surface area contributed by atoms with Crippen LogP contribution in [-0.4, -0.2) is 56.4 Å². The van der Waals surface area contributed by atoms with Crippen LogP contribution < -0.4 is 15.4 Å². The molecular weight excluding hydrogens is 538 g/mol. The predicted octanol–water partition coefficient (Wildman–Crippen LogP) is 2.52. The fourth-order valence-corrected chi connectivity index (χ4v) is 3.46. The predicted molar refractivity (Wildman–Crippen MR) is 131 cm³/mol. The molecular formula is C22H26BrN7O6. The monoisotopic (exact) mass is 563 g/mol. The van der Waals surface area contributed by atoms with Crippen LogP contribution in [0.1, 0.15) is 48.5 Å². The van der Waals surface area contributed by atoms with Gasteiger partial charge in [-0.2, -0.15) is 9.67 Å². The molecule has 2 aromatic heterocycles. The quantitative estimate of drug-likeness (QED) is 0.214. The van der Waals surface area contributed by atoms with Crippen molar-refractivity contribution in [3.05, 3.63) is 61.8 Å². The van der Waals surface area contributed by atoms with E-state index in [2.05, 4.69) is 62.6 Å². The van der Waals surface area contributed by atoms with Gasteiger partial charge in [0.15, 0.2) is 12.4 Å². The van der Waals surface area contributed by atoms with Crippen LogP contribution in [0.2, 0.25) is 0 Å². The van der Waals surface area contributed by atoms with Crippen molar-refractivity contribution in [3.63, 3.8) is 0 Å². The number of aromatic nitrogens is 4. The molecule has 0 saturated carbocycles. The van der Waals surface area contributed by atoms with E-state index in [9.17, 15) is 19.7 Å². The first kappa shape index (κ1) is 26.8. The summed E-state index contributed by atoms with van der Waals surface area (Å²) < 4.78 is 12.0. The first-order chi connectivity index (χ1) is 17.0. The van der Waals surface area contributed by atoms with Crippen molar-refractivity contribution in [2.45, 2.75) is 39.7 Å². The number of rotatable bonds is 10. The molecule has 14 heteroatoms. The summed E-state index contributed by atoms with van der Waals surface area (Å²) in [6.07, 6.45) is 0. The van der Waals surface area contributed by atoms with E-state index in [0.29, 0.717) is 11.4 Å². The lowest BCUT2D eigenvalue weighted by Crippen LogP contribution is -2.36. The smallest absolute Gasteiger partial charge is 0.404 e. The largest absolute Gasteiger partial charge is 0.484 e. The van der Waals surface area contributed by atoms with E-state index in [1.807, 2.05) is 24.3 Å². The van der Waals surface area contributed by atoms with Gasteiger partial charge in [-0.1, -0.05) is 38.1 Å². The van der Waals surface area contributed by atoms with Crippen molar-refractivity contribution in [2.75, 3.05) is 19.7 Å². The highest BCUT2D eigenvalue weighted by atomic mass is 79.9. The molecule has 0 aliphatic heterocycles. The van der Waals surface area contributed by atoms with E-state index < -0.39 is 10.8 Å². The molecule has 0 atom stereocenters. The number of nitro groups is 1. The number of nitrogens with zero attached hydrogens (tertiary/aromatic N) is 5. The zero-order valence-electron chi connectivity index (χ0n) is 20.2. The van der Waals surface area contributed by atoms with Gasteiger partial charge in [0.25, 0.3) is 5.91 Å². The van der Waals surface area contributed by atoms with Crippen molar-refractivity contribution >= 4 is 33.6 Å². The molecule has 0 saturated heterocycles. The maximum atomic E-state index is 12.2. The standard InChI is InChI=1S/C22H26BrN7O6/c1-13-18(23)19(30(33)34)27-29(13)11-16-26-21(36-28-16)20(32)25-10-9-24-17(31)12-35-15-7-5-14(6-8-15)22(2,3)4/h5-8H,9-12H2,1-4H3,(H,24,31)(H,25,32). The third-order valence-corrected chi connectivity index (χ3v) is 5.99. The minimum Gasteiger partial charge on any atom is -0.484 e. The summed E-state index contributed by atoms with van der Waals surface area (Å²) in [5.74, 6) is -0.863. The van der Waals surface area contributed by atoms with Gasteiger partial charge < -0.3 is 30.0 Å². The number of carbonyl (C=O) groups is 2. The minimum atomic E-state index is -0.623. The summed E-state index contributed by atoms with van der Waals surface area (Å²) in [5, 5.41) is 23.8. The summed E-state index contributed by atoms with van der Waals surface area (Å²) in [5.41, 5.74) is 1.69. The molecule has 0 spiro atoms. The van der Waals surface area contributed by atoms with Gasteiger partial charge in [-0.05, 0) is 50.9 Å². The SMILES string of the molecule is Cc1c(Br)c([N+](=O)[O-])nn1Cc1noc(C(=O)NCCNC(=O)COc2ccc(C(C)(C)C)cc2)n1. The van der Waals surface area contributed by atoms with E-state index in [0.717, 1.165) is 5.56 Å². The second-order valence-corrected chi connectivity index (χ2v) is 9.62. The van der Waals surface area contributed by atoms with Crippen LogP contribution in [0.3, 0.4) is 0 Å². The van der Waals surface area contributed by atoms with Gasteiger partial charge in [-0.3, -0.25) is 9.59 Å². The lowest BCUT2D eigenvalue weighted by molar-refractivity contribution is -0.390. The molecule has 0 bridgehead atoms. The molecule has 3 aromatic rings. The van der Waals surface area contributed by atoms with Crippen LogP contribution in [0.25, 0.3) is 0 Å². The number of ether oxygens (including phenoxy) is 1. The number of benzene rings is 1. The third kappa shape index (κ3) is 6.87. The van der Waals surface area contributed by atoms with Gasteiger partial charge in [0.2, 0.25) is 0 Å². The zero-order chi connectivity index (χ0) is 26.5. The third-order valence-electron chi connectivity index (χ3n) is 5.07. The van der Waals surface area contributed by atoms with Crippen LogP contribution in [0.15, 0.2) is 33.3 Å². The highest BCUT2D eigenvalue weighted by Crippen LogP contribution is 2.27. The van der Waals surface area contributed by atoms with Gasteiger partial charge in [0.1, 0.15) is 16.8 Å². The van der Waals surface area contributed by atoms with Gasteiger partial charge in [-0.15, -0.1) is 0 Å². The van der Waals surface area contributed by atoms with Crippen molar-refractivity contribution < 1.29 is 23.8 Å². The number of hydrogen-bond acceptors (Lipinski definition) is 9.